The summed E-state index contributed by atoms with van der Waals surface area (Å²) < 4.78 is 6.69. The maximum absolute atomic E-state index is 12.1. The van der Waals surface area contributed by atoms with E-state index >= 15 is 0 Å². The van der Waals surface area contributed by atoms with Crippen LogP contribution in [-0.4, -0.2) is 49.3 Å². The second-order valence-electron chi connectivity index (χ2n) is 6.29. The molecule has 160 valence electrons. The van der Waals surface area contributed by atoms with Gasteiger partial charge in [-0.15, -0.1) is 0 Å². The van der Waals surface area contributed by atoms with E-state index in [1.165, 1.54) is 24.2 Å². The number of nitrogens with zero attached hydrogens (tertiary/aromatic N) is 4. The largest absolute Gasteiger partial charge is 0.504 e. The molecular formula is C19H17N5O7. The Labute approximate surface area is 174 Å². The number of amides is 1. The number of phenolic OH excluding ortho intramolecular Hbond substituents is 3. The van der Waals surface area contributed by atoms with Gasteiger partial charge >= 0.3 is 5.69 Å². The first kappa shape index (κ1) is 21.1. The molecule has 0 aliphatic carbocycles. The average molecular weight is 427 g/mol. The fourth-order valence-corrected chi connectivity index (χ4v) is 2.68. The monoisotopic (exact) mass is 427 g/mol. The van der Waals surface area contributed by atoms with Gasteiger partial charge in [0.2, 0.25) is 0 Å². The SMILES string of the molecule is COc1ccc(C=NNC(=O)c2cc(O)c(O)c(O)c2)cc1Cn1cc([N+](=O)[O-])cn1. The standard InChI is InChI=1S/C19H17N5O7/c1-31-17-3-2-11(4-13(17)9-23-10-14(8-21-23)24(29)30)7-20-22-19(28)12-5-15(25)18(27)16(26)6-12/h2-8,10,25-27H,9H2,1H3,(H,22,28). The summed E-state index contributed by atoms with van der Waals surface area (Å²) in [4.78, 5) is 22.4. The Balaban J connectivity index is 1.74. The van der Waals surface area contributed by atoms with Crippen LogP contribution in [0.1, 0.15) is 21.5 Å². The van der Waals surface area contributed by atoms with Gasteiger partial charge in [-0.2, -0.15) is 10.2 Å². The number of carbonyl (C=O) groups excluding carboxylic acids is 1. The summed E-state index contributed by atoms with van der Waals surface area (Å²) >= 11 is 0. The van der Waals surface area contributed by atoms with Gasteiger partial charge in [0.1, 0.15) is 18.1 Å². The molecule has 0 spiro atoms. The highest BCUT2D eigenvalue weighted by molar-refractivity contribution is 5.96. The lowest BCUT2D eigenvalue weighted by Gasteiger charge is -2.09. The van der Waals surface area contributed by atoms with Crippen LogP contribution in [0.4, 0.5) is 5.69 Å². The molecule has 12 nitrogen and oxygen atoms in total. The number of nitro groups is 1. The lowest BCUT2D eigenvalue weighted by atomic mass is 10.1. The summed E-state index contributed by atoms with van der Waals surface area (Å²) in [6.07, 6.45) is 3.79. The first-order chi connectivity index (χ1) is 14.8. The smallest absolute Gasteiger partial charge is 0.307 e. The predicted octanol–water partition coefficient (Wildman–Crippen LogP) is 1.73. The van der Waals surface area contributed by atoms with E-state index in [-0.39, 0.29) is 17.8 Å². The molecule has 3 aromatic rings. The van der Waals surface area contributed by atoms with Crippen LogP contribution in [0.15, 0.2) is 47.8 Å². The first-order valence-corrected chi connectivity index (χ1v) is 8.70. The van der Waals surface area contributed by atoms with Crippen LogP contribution in [0.3, 0.4) is 0 Å². The Bertz CT molecular complexity index is 1150. The number of methoxy groups -OCH3 is 1. The minimum atomic E-state index is -0.728. The summed E-state index contributed by atoms with van der Waals surface area (Å²) in [5.74, 6) is -2.21. The van der Waals surface area contributed by atoms with Crippen molar-refractivity contribution in [3.05, 3.63) is 69.5 Å². The number of hydrogen-bond acceptors (Lipinski definition) is 9. The molecule has 0 aliphatic rings. The van der Waals surface area contributed by atoms with Gasteiger partial charge in [0.05, 0.1) is 24.8 Å². The Morgan fingerprint density at radius 3 is 2.61 bits per heavy atom. The average Bonchev–Trinajstić information content (AvgIpc) is 3.20. The molecule has 1 aromatic heterocycles. The molecule has 0 saturated carbocycles. The van der Waals surface area contributed by atoms with E-state index in [4.69, 9.17) is 4.74 Å². The maximum atomic E-state index is 12.1. The van der Waals surface area contributed by atoms with Crippen LogP contribution in [0, 0.1) is 10.1 Å². The van der Waals surface area contributed by atoms with Crippen molar-refractivity contribution < 1.29 is 29.8 Å². The van der Waals surface area contributed by atoms with Crippen LogP contribution in [0.25, 0.3) is 0 Å². The Kier molecular flexibility index (Phi) is 6.00. The molecule has 1 amide bonds. The third-order valence-electron chi connectivity index (χ3n) is 4.18. The third kappa shape index (κ3) is 4.87. The minimum Gasteiger partial charge on any atom is -0.504 e. The number of nitrogens with one attached hydrogen (secondary N) is 1. The molecule has 12 heteroatoms. The summed E-state index contributed by atoms with van der Waals surface area (Å²) in [5, 5.41) is 46.9. The first-order valence-electron chi connectivity index (χ1n) is 8.70. The van der Waals surface area contributed by atoms with Crippen molar-refractivity contribution in [3.8, 4) is 23.0 Å². The van der Waals surface area contributed by atoms with Gasteiger partial charge in [-0.1, -0.05) is 0 Å². The van der Waals surface area contributed by atoms with E-state index < -0.39 is 28.1 Å². The van der Waals surface area contributed by atoms with Gasteiger partial charge < -0.3 is 20.1 Å². The molecule has 1 heterocycles. The lowest BCUT2D eigenvalue weighted by Crippen LogP contribution is -2.17. The Morgan fingerprint density at radius 1 is 1.29 bits per heavy atom. The number of hydrazone groups is 1. The van der Waals surface area contributed by atoms with E-state index in [2.05, 4.69) is 15.6 Å². The highest BCUT2D eigenvalue weighted by Crippen LogP contribution is 2.35. The molecular weight excluding hydrogens is 410 g/mol. The number of aromatic nitrogens is 2. The van der Waals surface area contributed by atoms with Crippen LogP contribution in [0.2, 0.25) is 0 Å². The van der Waals surface area contributed by atoms with Crippen LogP contribution >= 0.6 is 0 Å². The summed E-state index contributed by atoms with van der Waals surface area (Å²) in [6.45, 7) is 0.205. The van der Waals surface area contributed by atoms with Crippen molar-refractivity contribution in [1.29, 1.82) is 0 Å². The van der Waals surface area contributed by atoms with E-state index in [9.17, 15) is 30.2 Å². The van der Waals surface area contributed by atoms with E-state index in [0.717, 1.165) is 18.3 Å². The number of hydrogen-bond donors (Lipinski definition) is 4. The lowest BCUT2D eigenvalue weighted by molar-refractivity contribution is -0.385. The number of benzene rings is 2. The number of ether oxygens (including phenoxy) is 1. The quantitative estimate of drug-likeness (QED) is 0.191. The van der Waals surface area contributed by atoms with E-state index in [1.807, 2.05) is 0 Å². The second-order valence-corrected chi connectivity index (χ2v) is 6.29. The molecule has 0 saturated heterocycles. The minimum absolute atomic E-state index is 0.111. The van der Waals surface area contributed by atoms with Crippen molar-refractivity contribution in [2.45, 2.75) is 6.54 Å². The molecule has 3 rings (SSSR count). The van der Waals surface area contributed by atoms with Gasteiger partial charge in [-0.3, -0.25) is 19.6 Å². The molecule has 31 heavy (non-hydrogen) atoms. The number of carbonyl (C=O) groups is 1. The molecule has 4 N–H and O–H groups in total. The third-order valence-corrected chi connectivity index (χ3v) is 4.18. The van der Waals surface area contributed by atoms with Gasteiger partial charge in [0.25, 0.3) is 5.91 Å². The second kappa shape index (κ2) is 8.82. The summed E-state index contributed by atoms with van der Waals surface area (Å²) in [7, 11) is 1.49. The number of aromatic hydroxyl groups is 3. The zero-order chi connectivity index (χ0) is 22.5. The van der Waals surface area contributed by atoms with Gasteiger partial charge in [-0.25, -0.2) is 5.43 Å². The number of phenols is 3. The zero-order valence-electron chi connectivity index (χ0n) is 16.1. The maximum Gasteiger partial charge on any atom is 0.307 e. The molecule has 0 radical (unpaired) electrons. The van der Waals surface area contributed by atoms with Crippen LogP contribution in [-0.2, 0) is 6.54 Å². The van der Waals surface area contributed by atoms with E-state index in [0.29, 0.717) is 16.9 Å². The highest BCUT2D eigenvalue weighted by Gasteiger charge is 2.13. The van der Waals surface area contributed by atoms with Crippen LogP contribution in [0.5, 0.6) is 23.0 Å². The Hall–Kier alpha value is -4.61. The zero-order valence-corrected chi connectivity index (χ0v) is 16.1. The topological polar surface area (TPSA) is 172 Å². The number of rotatable bonds is 7. The Morgan fingerprint density at radius 2 is 2.00 bits per heavy atom. The van der Waals surface area contributed by atoms with Crippen molar-refractivity contribution in [2.24, 2.45) is 5.10 Å². The fraction of sp³-hybridized carbons (Fsp3) is 0.105. The van der Waals surface area contributed by atoms with Crippen molar-refractivity contribution >= 4 is 17.8 Å². The fourth-order valence-electron chi connectivity index (χ4n) is 2.68. The van der Waals surface area contributed by atoms with Gasteiger partial charge in [0, 0.05) is 11.1 Å². The molecule has 2 aromatic carbocycles. The van der Waals surface area contributed by atoms with Crippen molar-refractivity contribution in [3.63, 3.8) is 0 Å². The van der Waals surface area contributed by atoms with Crippen LogP contribution < -0.4 is 10.2 Å². The summed E-state index contributed by atoms with van der Waals surface area (Å²) in [5.41, 5.74) is 3.26. The molecule has 0 unspecified atom stereocenters. The van der Waals surface area contributed by atoms with Gasteiger partial charge in [-0.05, 0) is 35.9 Å². The molecule has 0 bridgehead atoms. The summed E-state index contributed by atoms with van der Waals surface area (Å²) in [6, 6.07) is 7.03. The predicted molar refractivity (Wildman–Crippen MR) is 107 cm³/mol. The highest BCUT2D eigenvalue weighted by atomic mass is 16.6. The molecule has 0 aliphatic heterocycles. The van der Waals surface area contributed by atoms with Crippen molar-refractivity contribution in [2.75, 3.05) is 7.11 Å². The van der Waals surface area contributed by atoms with Gasteiger partial charge in [0.15, 0.2) is 17.2 Å². The molecule has 0 fully saturated rings. The normalized spacial score (nSPS) is 10.9. The molecule has 0 atom stereocenters. The van der Waals surface area contributed by atoms with Crippen molar-refractivity contribution in [1.82, 2.24) is 15.2 Å². The van der Waals surface area contributed by atoms with E-state index in [1.54, 1.807) is 18.2 Å².